The average molecular weight is 504 g/mol. The van der Waals surface area contributed by atoms with Crippen molar-refractivity contribution in [2.45, 2.75) is 26.6 Å². The molecule has 27 heavy (non-hydrogen) atoms. The normalized spacial score (nSPS) is 11.8. The topological polar surface area (TPSA) is 56.7 Å². The van der Waals surface area contributed by atoms with Crippen molar-refractivity contribution >= 4 is 35.8 Å². The van der Waals surface area contributed by atoms with Crippen LogP contribution in [0.25, 0.3) is 0 Å². The molecule has 0 aliphatic rings. The van der Waals surface area contributed by atoms with E-state index in [4.69, 9.17) is 0 Å². The summed E-state index contributed by atoms with van der Waals surface area (Å²) in [5, 5.41) is 5.75. The Balaban J connectivity index is 0.00000676. The second kappa shape index (κ2) is 11.3. The fraction of sp³-hybridized carbons (Fsp3) is 0.529. The molecule has 0 aromatic heterocycles. The first-order chi connectivity index (χ1) is 12.0. The molecule has 0 unspecified atom stereocenters. The lowest BCUT2D eigenvalue weighted by Crippen LogP contribution is -2.44. The van der Waals surface area contributed by atoms with Crippen molar-refractivity contribution in [3.63, 3.8) is 0 Å². The van der Waals surface area contributed by atoms with Crippen LogP contribution >= 0.6 is 24.0 Å². The fourth-order valence-corrected chi connectivity index (χ4v) is 1.91. The number of alkyl halides is 3. The van der Waals surface area contributed by atoms with Gasteiger partial charge in [-0.15, -0.1) is 24.0 Å². The van der Waals surface area contributed by atoms with Crippen LogP contribution in [-0.4, -0.2) is 44.0 Å². The van der Waals surface area contributed by atoms with Crippen molar-refractivity contribution in [2.24, 2.45) is 10.9 Å². The molecule has 1 aromatic carbocycles. The Kier molecular flexibility index (Phi) is 10.6. The van der Waals surface area contributed by atoms with Crippen LogP contribution < -0.4 is 10.6 Å². The van der Waals surface area contributed by atoms with E-state index in [1.54, 1.807) is 14.1 Å². The Hall–Kier alpha value is -1.59. The maximum absolute atomic E-state index is 13.2. The van der Waals surface area contributed by atoms with Crippen LogP contribution in [0.15, 0.2) is 23.2 Å². The summed E-state index contributed by atoms with van der Waals surface area (Å²) < 4.78 is 52.3. The Labute approximate surface area is 173 Å². The molecule has 0 saturated carbocycles. The van der Waals surface area contributed by atoms with Crippen molar-refractivity contribution in [2.75, 3.05) is 27.2 Å². The lowest BCUT2D eigenvalue weighted by molar-refractivity contribution is -0.138. The van der Waals surface area contributed by atoms with E-state index in [1.807, 2.05) is 13.8 Å². The van der Waals surface area contributed by atoms with Crippen LogP contribution in [0, 0.1) is 11.7 Å². The Morgan fingerprint density at radius 2 is 1.85 bits per heavy atom. The molecule has 154 valence electrons. The van der Waals surface area contributed by atoms with Crippen LogP contribution in [0.4, 0.5) is 17.6 Å². The highest BCUT2D eigenvalue weighted by molar-refractivity contribution is 14.0. The molecule has 0 radical (unpaired) electrons. The predicted molar refractivity (Wildman–Crippen MR) is 107 cm³/mol. The molecule has 0 saturated heterocycles. The number of hydrogen-bond donors (Lipinski definition) is 2. The van der Waals surface area contributed by atoms with Gasteiger partial charge < -0.3 is 15.5 Å². The summed E-state index contributed by atoms with van der Waals surface area (Å²) in [6.07, 6.45) is -4.67. The Morgan fingerprint density at radius 3 is 2.37 bits per heavy atom. The van der Waals surface area contributed by atoms with Crippen molar-refractivity contribution in [1.82, 2.24) is 15.5 Å². The summed E-state index contributed by atoms with van der Waals surface area (Å²) in [4.78, 5) is 17.2. The smallest absolute Gasteiger partial charge is 0.356 e. The molecule has 0 aliphatic heterocycles. The number of aliphatic imine (C=N–C) groups is 1. The molecule has 0 atom stereocenters. The third-order valence-electron chi connectivity index (χ3n) is 3.37. The lowest BCUT2D eigenvalue weighted by atomic mass is 10.1. The van der Waals surface area contributed by atoms with Gasteiger partial charge in [0.05, 0.1) is 18.7 Å². The highest BCUT2D eigenvalue weighted by atomic mass is 127. The minimum Gasteiger partial charge on any atom is -0.356 e. The van der Waals surface area contributed by atoms with Crippen LogP contribution in [0.1, 0.15) is 25.0 Å². The molecule has 1 rings (SSSR count). The van der Waals surface area contributed by atoms with Gasteiger partial charge in [0.15, 0.2) is 5.96 Å². The highest BCUT2D eigenvalue weighted by Gasteiger charge is 2.33. The number of nitrogens with zero attached hydrogens (tertiary/aromatic N) is 2. The number of hydrogen-bond acceptors (Lipinski definition) is 2. The lowest BCUT2D eigenvalue weighted by Gasteiger charge is -2.17. The molecular formula is C17H25F4IN4O. The number of likely N-dealkylation sites (N-methyl/N-ethyl adjacent to an activating group) is 1. The van der Waals surface area contributed by atoms with E-state index in [9.17, 15) is 22.4 Å². The zero-order valence-electron chi connectivity index (χ0n) is 15.7. The largest absolute Gasteiger partial charge is 0.416 e. The molecule has 0 fully saturated rings. The number of guanidine groups is 1. The molecule has 0 aliphatic carbocycles. The maximum atomic E-state index is 13.2. The zero-order valence-corrected chi connectivity index (χ0v) is 18.0. The first-order valence-electron chi connectivity index (χ1n) is 8.08. The second-order valence-electron chi connectivity index (χ2n) is 6.38. The van der Waals surface area contributed by atoms with Crippen molar-refractivity contribution in [3.05, 3.63) is 35.1 Å². The van der Waals surface area contributed by atoms with Gasteiger partial charge in [-0.2, -0.15) is 13.2 Å². The summed E-state index contributed by atoms with van der Waals surface area (Å²) in [5.74, 6) is -0.686. The van der Waals surface area contributed by atoms with Crippen molar-refractivity contribution < 1.29 is 22.4 Å². The molecule has 0 heterocycles. The monoisotopic (exact) mass is 504 g/mol. The maximum Gasteiger partial charge on any atom is 0.416 e. The SMILES string of the molecule is CC(C)CNC(=NCc1ccc(F)cc1C(F)(F)F)NCC(=O)N(C)C.I. The third-order valence-corrected chi connectivity index (χ3v) is 3.37. The fourth-order valence-electron chi connectivity index (χ4n) is 1.91. The number of benzene rings is 1. The molecule has 10 heteroatoms. The molecule has 0 spiro atoms. The van der Waals surface area contributed by atoms with E-state index in [2.05, 4.69) is 15.6 Å². The summed E-state index contributed by atoms with van der Waals surface area (Å²) in [6, 6.07) is 2.48. The molecule has 5 nitrogen and oxygen atoms in total. The quantitative estimate of drug-likeness (QED) is 0.271. The van der Waals surface area contributed by atoms with Crippen LogP contribution in [-0.2, 0) is 17.5 Å². The van der Waals surface area contributed by atoms with Crippen molar-refractivity contribution in [1.29, 1.82) is 0 Å². The van der Waals surface area contributed by atoms with Gasteiger partial charge in [-0.1, -0.05) is 19.9 Å². The predicted octanol–water partition coefficient (Wildman–Crippen LogP) is 3.24. The van der Waals surface area contributed by atoms with E-state index in [-0.39, 0.29) is 60.4 Å². The van der Waals surface area contributed by atoms with E-state index < -0.39 is 17.6 Å². The first-order valence-corrected chi connectivity index (χ1v) is 8.08. The highest BCUT2D eigenvalue weighted by Crippen LogP contribution is 2.32. The van der Waals surface area contributed by atoms with Crippen molar-refractivity contribution in [3.8, 4) is 0 Å². The number of nitrogens with one attached hydrogen (secondary N) is 2. The second-order valence-corrected chi connectivity index (χ2v) is 6.38. The van der Waals surface area contributed by atoms with E-state index in [0.717, 1.165) is 12.1 Å². The van der Waals surface area contributed by atoms with Crippen LogP contribution in [0.3, 0.4) is 0 Å². The van der Waals surface area contributed by atoms with E-state index in [0.29, 0.717) is 12.6 Å². The summed E-state index contributed by atoms with van der Waals surface area (Å²) in [5.41, 5.74) is -1.21. The van der Waals surface area contributed by atoms with E-state index in [1.165, 1.54) is 4.90 Å². The standard InChI is InChI=1S/C17H24F4N4O.HI/c1-11(2)8-22-16(24-10-15(26)25(3)4)23-9-12-5-6-13(18)7-14(12)17(19,20)21;/h5-7,11H,8-10H2,1-4H3,(H2,22,23,24);1H. The van der Waals surface area contributed by atoms with Gasteiger partial charge in [-0.05, 0) is 23.6 Å². The summed E-state index contributed by atoms with van der Waals surface area (Å²) in [7, 11) is 3.19. The Bertz CT molecular complexity index is 648. The number of carbonyl (C=O) groups excluding carboxylic acids is 1. The number of carbonyl (C=O) groups is 1. The van der Waals surface area contributed by atoms with Gasteiger partial charge in [-0.3, -0.25) is 4.79 Å². The number of halogens is 5. The minimum absolute atomic E-state index is 0. The Morgan fingerprint density at radius 1 is 1.22 bits per heavy atom. The minimum atomic E-state index is -4.67. The van der Waals surface area contributed by atoms with Gasteiger partial charge in [0.25, 0.3) is 0 Å². The van der Waals surface area contributed by atoms with Crippen LogP contribution in [0.5, 0.6) is 0 Å². The third kappa shape index (κ3) is 9.25. The zero-order chi connectivity index (χ0) is 19.9. The van der Waals surface area contributed by atoms with E-state index >= 15 is 0 Å². The molecule has 0 bridgehead atoms. The first kappa shape index (κ1) is 25.4. The van der Waals surface area contributed by atoms with Gasteiger partial charge in [0, 0.05) is 20.6 Å². The molecular weight excluding hydrogens is 479 g/mol. The molecule has 1 amide bonds. The number of amides is 1. The summed E-state index contributed by atoms with van der Waals surface area (Å²) >= 11 is 0. The van der Waals surface area contributed by atoms with Gasteiger partial charge in [0.1, 0.15) is 5.82 Å². The molecule has 1 aromatic rings. The van der Waals surface area contributed by atoms with Crippen LogP contribution in [0.2, 0.25) is 0 Å². The number of rotatable bonds is 6. The molecule has 2 N–H and O–H groups in total. The van der Waals surface area contributed by atoms with Gasteiger partial charge >= 0.3 is 6.18 Å². The van der Waals surface area contributed by atoms with Gasteiger partial charge in [0.2, 0.25) is 5.91 Å². The van der Waals surface area contributed by atoms with Gasteiger partial charge in [-0.25, -0.2) is 9.38 Å². The summed E-state index contributed by atoms with van der Waals surface area (Å²) in [6.45, 7) is 4.08. The average Bonchev–Trinajstić information content (AvgIpc) is 2.53.